The van der Waals surface area contributed by atoms with Crippen LogP contribution in [0.25, 0.3) is 0 Å². The molecule has 3 rings (SSSR count). The van der Waals surface area contributed by atoms with E-state index >= 15 is 0 Å². The highest BCUT2D eigenvalue weighted by Crippen LogP contribution is 2.25. The first-order chi connectivity index (χ1) is 12.1. The maximum atomic E-state index is 12.1. The molecule has 1 atom stereocenters. The lowest BCUT2D eigenvalue weighted by Crippen LogP contribution is -2.41. The smallest absolute Gasteiger partial charge is 0.261 e. The molecule has 3 heterocycles. The summed E-state index contributed by atoms with van der Waals surface area (Å²) >= 11 is 4.65. The van der Waals surface area contributed by atoms with E-state index in [1.165, 1.54) is 11.3 Å². The highest BCUT2D eigenvalue weighted by molar-refractivity contribution is 9.11. The van der Waals surface area contributed by atoms with Crippen molar-refractivity contribution in [1.29, 1.82) is 0 Å². The Bertz CT molecular complexity index is 711. The van der Waals surface area contributed by atoms with Crippen LogP contribution in [-0.2, 0) is 4.79 Å². The van der Waals surface area contributed by atoms with Crippen molar-refractivity contribution in [2.45, 2.75) is 18.9 Å². The summed E-state index contributed by atoms with van der Waals surface area (Å²) in [5.74, 6) is 0.405. The van der Waals surface area contributed by atoms with Crippen LogP contribution in [0, 0.1) is 0 Å². The van der Waals surface area contributed by atoms with Gasteiger partial charge in [-0.05, 0) is 66.1 Å². The van der Waals surface area contributed by atoms with Gasteiger partial charge in [-0.2, -0.15) is 0 Å². The molecule has 0 bridgehead atoms. The zero-order valence-electron chi connectivity index (χ0n) is 13.7. The third kappa shape index (κ3) is 4.93. The van der Waals surface area contributed by atoms with Crippen LogP contribution in [0.5, 0.6) is 0 Å². The molecule has 0 aromatic carbocycles. The second-order valence-corrected chi connectivity index (χ2v) is 8.33. The summed E-state index contributed by atoms with van der Waals surface area (Å²) < 4.78 is 6.42. The fraction of sp³-hybridized carbons (Fsp3) is 0.412. The fourth-order valence-electron chi connectivity index (χ4n) is 2.90. The maximum Gasteiger partial charge on any atom is 0.261 e. The number of nitrogens with one attached hydrogen (secondary N) is 2. The van der Waals surface area contributed by atoms with Crippen LogP contribution in [0.3, 0.4) is 0 Å². The molecule has 0 spiro atoms. The molecule has 2 N–H and O–H groups in total. The first kappa shape index (κ1) is 18.2. The van der Waals surface area contributed by atoms with Crippen LogP contribution in [-0.4, -0.2) is 42.9 Å². The van der Waals surface area contributed by atoms with E-state index in [9.17, 15) is 9.59 Å². The van der Waals surface area contributed by atoms with Crippen molar-refractivity contribution in [3.8, 4) is 0 Å². The number of carbonyl (C=O) groups excluding carboxylic acids is 2. The number of furan rings is 1. The van der Waals surface area contributed by atoms with Gasteiger partial charge >= 0.3 is 0 Å². The number of thiophene rings is 1. The summed E-state index contributed by atoms with van der Waals surface area (Å²) in [5, 5.41) is 5.54. The normalized spacial score (nSPS) is 15.9. The van der Waals surface area contributed by atoms with Crippen LogP contribution in [0.4, 0.5) is 0 Å². The Balaban J connectivity index is 1.49. The van der Waals surface area contributed by atoms with Gasteiger partial charge in [-0.3, -0.25) is 14.5 Å². The molecule has 0 saturated carbocycles. The minimum Gasteiger partial charge on any atom is -0.468 e. The molecule has 134 valence electrons. The molecule has 1 aliphatic heterocycles. The molecule has 1 unspecified atom stereocenters. The van der Waals surface area contributed by atoms with Crippen LogP contribution in [0.2, 0.25) is 0 Å². The van der Waals surface area contributed by atoms with Crippen molar-refractivity contribution in [3.05, 3.63) is 45.0 Å². The van der Waals surface area contributed by atoms with Crippen molar-refractivity contribution in [2.24, 2.45) is 0 Å². The van der Waals surface area contributed by atoms with Gasteiger partial charge in [0.2, 0.25) is 5.91 Å². The summed E-state index contributed by atoms with van der Waals surface area (Å²) in [6, 6.07) is 7.36. The Hall–Kier alpha value is -1.64. The highest BCUT2D eigenvalue weighted by Gasteiger charge is 2.25. The van der Waals surface area contributed by atoms with Gasteiger partial charge in [0.15, 0.2) is 0 Å². The summed E-state index contributed by atoms with van der Waals surface area (Å²) in [5.41, 5.74) is 0. The van der Waals surface area contributed by atoms with E-state index in [4.69, 9.17) is 4.42 Å². The van der Waals surface area contributed by atoms with E-state index in [0.717, 1.165) is 35.5 Å². The number of carbonyl (C=O) groups is 2. The topological polar surface area (TPSA) is 74.6 Å². The fourth-order valence-corrected chi connectivity index (χ4v) is 4.20. The van der Waals surface area contributed by atoms with E-state index in [0.29, 0.717) is 11.4 Å². The zero-order chi connectivity index (χ0) is 17.6. The molecule has 2 aromatic heterocycles. The van der Waals surface area contributed by atoms with Crippen molar-refractivity contribution < 1.29 is 14.0 Å². The van der Waals surface area contributed by atoms with Crippen molar-refractivity contribution in [2.75, 3.05) is 26.2 Å². The van der Waals surface area contributed by atoms with Crippen LogP contribution < -0.4 is 10.6 Å². The average Bonchev–Trinajstić information content (AvgIpc) is 3.35. The molecule has 0 aliphatic carbocycles. The van der Waals surface area contributed by atoms with E-state index in [1.807, 2.05) is 18.2 Å². The van der Waals surface area contributed by atoms with E-state index in [1.54, 1.807) is 12.3 Å². The number of amides is 2. The second kappa shape index (κ2) is 8.64. The Labute approximate surface area is 158 Å². The van der Waals surface area contributed by atoms with Gasteiger partial charge in [0.05, 0.1) is 27.5 Å². The predicted octanol–water partition coefficient (Wildman–Crippen LogP) is 2.79. The van der Waals surface area contributed by atoms with Gasteiger partial charge in [-0.15, -0.1) is 11.3 Å². The Kier molecular flexibility index (Phi) is 6.28. The minimum absolute atomic E-state index is 0.0328. The third-order valence-corrected chi connectivity index (χ3v) is 5.77. The van der Waals surface area contributed by atoms with E-state index in [2.05, 4.69) is 31.5 Å². The summed E-state index contributed by atoms with van der Waals surface area (Å²) in [6.45, 7) is 2.43. The first-order valence-electron chi connectivity index (χ1n) is 8.21. The monoisotopic (exact) mass is 425 g/mol. The van der Waals surface area contributed by atoms with Gasteiger partial charge < -0.3 is 15.1 Å². The van der Waals surface area contributed by atoms with Crippen LogP contribution in [0.15, 0.2) is 38.7 Å². The molecule has 2 aromatic rings. The highest BCUT2D eigenvalue weighted by atomic mass is 79.9. The number of rotatable bonds is 7. The lowest BCUT2D eigenvalue weighted by molar-refractivity contribution is -0.120. The molecular weight excluding hydrogens is 406 g/mol. The number of likely N-dealkylation sites (tertiary alicyclic amines) is 1. The molecule has 8 heteroatoms. The zero-order valence-corrected chi connectivity index (χ0v) is 16.1. The average molecular weight is 426 g/mol. The van der Waals surface area contributed by atoms with Gasteiger partial charge in [-0.25, -0.2) is 0 Å². The van der Waals surface area contributed by atoms with Gasteiger partial charge in [-0.1, -0.05) is 0 Å². The molecule has 1 fully saturated rings. The number of hydrogen-bond donors (Lipinski definition) is 2. The standard InChI is InChI=1S/C17H20BrN3O3S/c18-15-6-5-14(25-15)17(23)20-11-16(22)19-10-12(13-4-3-9-24-13)21-7-1-2-8-21/h3-6,9,12H,1-2,7-8,10-11H2,(H,19,22)(H,20,23). The van der Waals surface area contributed by atoms with Crippen molar-refractivity contribution in [3.63, 3.8) is 0 Å². The SMILES string of the molecule is O=C(CNC(=O)c1ccc(Br)s1)NCC(c1ccco1)N1CCCC1. The number of nitrogens with zero attached hydrogens (tertiary/aromatic N) is 1. The lowest BCUT2D eigenvalue weighted by atomic mass is 10.2. The summed E-state index contributed by atoms with van der Waals surface area (Å²) in [7, 11) is 0. The molecule has 0 radical (unpaired) electrons. The van der Waals surface area contributed by atoms with E-state index in [-0.39, 0.29) is 24.4 Å². The second-order valence-electron chi connectivity index (χ2n) is 5.86. The number of halogens is 1. The third-order valence-electron chi connectivity index (χ3n) is 4.15. The molecule has 2 amide bonds. The summed E-state index contributed by atoms with van der Waals surface area (Å²) in [4.78, 5) is 27.0. The Morgan fingerprint density at radius 2 is 2.04 bits per heavy atom. The van der Waals surface area contributed by atoms with Crippen molar-refractivity contribution >= 4 is 39.1 Å². The van der Waals surface area contributed by atoms with Gasteiger partial charge in [0.1, 0.15) is 5.76 Å². The quantitative estimate of drug-likeness (QED) is 0.714. The van der Waals surface area contributed by atoms with Crippen molar-refractivity contribution in [1.82, 2.24) is 15.5 Å². The number of hydrogen-bond acceptors (Lipinski definition) is 5. The van der Waals surface area contributed by atoms with Crippen LogP contribution in [0.1, 0.15) is 34.3 Å². The lowest BCUT2D eigenvalue weighted by Gasteiger charge is -2.26. The van der Waals surface area contributed by atoms with Crippen LogP contribution >= 0.6 is 27.3 Å². The molecule has 6 nitrogen and oxygen atoms in total. The molecular formula is C17H20BrN3O3S. The first-order valence-corrected chi connectivity index (χ1v) is 9.82. The van der Waals surface area contributed by atoms with Gasteiger partial charge in [0, 0.05) is 6.54 Å². The predicted molar refractivity (Wildman–Crippen MR) is 99.6 cm³/mol. The molecule has 25 heavy (non-hydrogen) atoms. The van der Waals surface area contributed by atoms with E-state index < -0.39 is 0 Å². The Morgan fingerprint density at radius 3 is 2.68 bits per heavy atom. The molecule has 1 aliphatic rings. The largest absolute Gasteiger partial charge is 0.468 e. The Morgan fingerprint density at radius 1 is 1.24 bits per heavy atom. The summed E-state index contributed by atoms with van der Waals surface area (Å²) in [6.07, 6.45) is 3.98. The minimum atomic E-state index is -0.243. The molecule has 1 saturated heterocycles. The van der Waals surface area contributed by atoms with Gasteiger partial charge in [0.25, 0.3) is 5.91 Å². The maximum absolute atomic E-state index is 12.1.